The van der Waals surface area contributed by atoms with Crippen LogP contribution in [0.4, 0.5) is 0 Å². The molecule has 0 aliphatic carbocycles. The number of nitrogens with zero attached hydrogens (tertiary/aromatic N) is 1. The molecular formula is C13H22N2O4. The normalized spacial score (nSPS) is 19.3. The molecule has 0 aromatic rings. The van der Waals surface area contributed by atoms with Crippen molar-refractivity contribution in [3.63, 3.8) is 0 Å². The summed E-state index contributed by atoms with van der Waals surface area (Å²) in [6.07, 6.45) is 0.780. The van der Waals surface area contributed by atoms with Crippen LogP contribution >= 0.6 is 0 Å². The van der Waals surface area contributed by atoms with E-state index in [9.17, 15) is 14.4 Å². The molecule has 108 valence electrons. The Morgan fingerprint density at radius 2 is 1.89 bits per heavy atom. The van der Waals surface area contributed by atoms with Crippen molar-refractivity contribution in [2.45, 2.75) is 45.6 Å². The number of hydrogen-bond acceptors (Lipinski definition) is 4. The Morgan fingerprint density at radius 3 is 2.37 bits per heavy atom. The van der Waals surface area contributed by atoms with Gasteiger partial charge in [-0.3, -0.25) is 14.4 Å². The van der Waals surface area contributed by atoms with Crippen molar-refractivity contribution in [2.75, 3.05) is 13.1 Å². The highest BCUT2D eigenvalue weighted by atomic mass is 16.6. The molecule has 2 N–H and O–H groups in total. The second-order valence-corrected chi connectivity index (χ2v) is 5.81. The number of ether oxygens (including phenoxy) is 1. The van der Waals surface area contributed by atoms with E-state index in [2.05, 4.69) is 0 Å². The summed E-state index contributed by atoms with van der Waals surface area (Å²) in [7, 11) is 0. The van der Waals surface area contributed by atoms with Crippen molar-refractivity contribution in [1.82, 2.24) is 4.90 Å². The Hall–Kier alpha value is -1.59. The number of nitrogens with two attached hydrogens (primary N) is 1. The first kappa shape index (κ1) is 15.5. The molecule has 0 spiro atoms. The minimum absolute atomic E-state index is 0.0633. The molecule has 2 amide bonds. The molecule has 0 aromatic carbocycles. The Morgan fingerprint density at radius 1 is 1.26 bits per heavy atom. The summed E-state index contributed by atoms with van der Waals surface area (Å²) in [5.74, 6) is -1.14. The maximum Gasteiger partial charge on any atom is 0.306 e. The zero-order valence-corrected chi connectivity index (χ0v) is 11.8. The molecule has 1 atom stereocenters. The van der Waals surface area contributed by atoms with Gasteiger partial charge in [0.25, 0.3) is 0 Å². The number of primary amides is 1. The van der Waals surface area contributed by atoms with E-state index in [0.717, 1.165) is 0 Å². The maximum atomic E-state index is 11.8. The smallest absolute Gasteiger partial charge is 0.306 e. The zero-order valence-electron chi connectivity index (χ0n) is 11.8. The summed E-state index contributed by atoms with van der Waals surface area (Å²) in [6.45, 7) is 6.24. The highest BCUT2D eigenvalue weighted by molar-refractivity contribution is 5.83. The third-order valence-electron chi connectivity index (χ3n) is 2.91. The van der Waals surface area contributed by atoms with Gasteiger partial charge in [-0.25, -0.2) is 0 Å². The van der Waals surface area contributed by atoms with Crippen LogP contribution in [0.15, 0.2) is 0 Å². The van der Waals surface area contributed by atoms with E-state index in [1.807, 2.05) is 0 Å². The van der Waals surface area contributed by atoms with Crippen LogP contribution < -0.4 is 5.73 Å². The molecular weight excluding hydrogens is 248 g/mol. The molecule has 6 heteroatoms. The third kappa shape index (κ3) is 5.28. The quantitative estimate of drug-likeness (QED) is 0.751. The second-order valence-electron chi connectivity index (χ2n) is 5.81. The highest BCUT2D eigenvalue weighted by Crippen LogP contribution is 2.17. The third-order valence-corrected chi connectivity index (χ3v) is 2.91. The van der Waals surface area contributed by atoms with Gasteiger partial charge in [-0.15, -0.1) is 0 Å². The van der Waals surface area contributed by atoms with Crippen LogP contribution in [-0.2, 0) is 19.1 Å². The van der Waals surface area contributed by atoms with Crippen molar-refractivity contribution < 1.29 is 19.1 Å². The molecule has 1 rings (SSSR count). The Bertz CT molecular complexity index is 373. The summed E-state index contributed by atoms with van der Waals surface area (Å²) in [6, 6.07) is 0. The summed E-state index contributed by atoms with van der Waals surface area (Å²) in [5.41, 5.74) is 4.66. The Balaban J connectivity index is 2.33. The fraction of sp³-hybridized carbons (Fsp3) is 0.769. The molecule has 0 bridgehead atoms. The predicted molar refractivity (Wildman–Crippen MR) is 69.0 cm³/mol. The monoisotopic (exact) mass is 270 g/mol. The molecule has 0 saturated carbocycles. The van der Waals surface area contributed by atoms with Crippen LogP contribution in [0.25, 0.3) is 0 Å². The van der Waals surface area contributed by atoms with Crippen molar-refractivity contribution in [1.29, 1.82) is 0 Å². The fourth-order valence-electron chi connectivity index (χ4n) is 1.98. The lowest BCUT2D eigenvalue weighted by Crippen LogP contribution is -2.32. The Kier molecular flexibility index (Phi) is 4.91. The lowest BCUT2D eigenvalue weighted by atomic mass is 10.1. The summed E-state index contributed by atoms with van der Waals surface area (Å²) in [4.78, 5) is 35.9. The van der Waals surface area contributed by atoms with Crippen LogP contribution in [0.3, 0.4) is 0 Å². The van der Waals surface area contributed by atoms with Gasteiger partial charge in [-0.2, -0.15) is 0 Å². The first-order valence-electron chi connectivity index (χ1n) is 6.48. The topological polar surface area (TPSA) is 89.7 Å². The van der Waals surface area contributed by atoms with Gasteiger partial charge >= 0.3 is 5.97 Å². The average Bonchev–Trinajstić information content (AvgIpc) is 2.72. The lowest BCUT2D eigenvalue weighted by Gasteiger charge is -2.20. The van der Waals surface area contributed by atoms with Gasteiger partial charge in [0.1, 0.15) is 5.60 Å². The fourth-order valence-corrected chi connectivity index (χ4v) is 1.98. The van der Waals surface area contributed by atoms with Gasteiger partial charge < -0.3 is 15.4 Å². The van der Waals surface area contributed by atoms with Crippen molar-refractivity contribution in [2.24, 2.45) is 11.7 Å². The van der Waals surface area contributed by atoms with E-state index in [0.29, 0.717) is 19.5 Å². The number of rotatable bonds is 4. The van der Waals surface area contributed by atoms with E-state index in [1.54, 1.807) is 25.7 Å². The number of carbonyl (C=O) groups is 3. The largest absolute Gasteiger partial charge is 0.460 e. The number of hydrogen-bond donors (Lipinski definition) is 1. The van der Waals surface area contributed by atoms with Gasteiger partial charge in [0, 0.05) is 19.5 Å². The zero-order chi connectivity index (χ0) is 14.6. The SMILES string of the molecule is CC(C)(C)OC(=O)CCC(=O)N1CCC(C(N)=O)C1. The van der Waals surface area contributed by atoms with Crippen molar-refractivity contribution in [3.8, 4) is 0 Å². The van der Waals surface area contributed by atoms with Crippen molar-refractivity contribution in [3.05, 3.63) is 0 Å². The highest BCUT2D eigenvalue weighted by Gasteiger charge is 2.29. The van der Waals surface area contributed by atoms with Gasteiger partial charge in [-0.1, -0.05) is 0 Å². The van der Waals surface area contributed by atoms with Crippen LogP contribution in [0.1, 0.15) is 40.0 Å². The maximum absolute atomic E-state index is 11.8. The number of carbonyl (C=O) groups excluding carboxylic acids is 3. The predicted octanol–water partition coefficient (Wildman–Crippen LogP) is 0.442. The van der Waals surface area contributed by atoms with E-state index in [-0.39, 0.29) is 36.5 Å². The van der Waals surface area contributed by atoms with Crippen molar-refractivity contribution >= 4 is 17.8 Å². The van der Waals surface area contributed by atoms with Crippen LogP contribution in [0.2, 0.25) is 0 Å². The van der Waals surface area contributed by atoms with Gasteiger partial charge in [-0.05, 0) is 27.2 Å². The molecule has 6 nitrogen and oxygen atoms in total. The van der Waals surface area contributed by atoms with Gasteiger partial charge in [0.2, 0.25) is 11.8 Å². The first-order valence-corrected chi connectivity index (χ1v) is 6.48. The van der Waals surface area contributed by atoms with E-state index >= 15 is 0 Å². The second kappa shape index (κ2) is 6.04. The van der Waals surface area contributed by atoms with Gasteiger partial charge in [0.05, 0.1) is 12.3 Å². The average molecular weight is 270 g/mol. The van der Waals surface area contributed by atoms with Crippen LogP contribution in [-0.4, -0.2) is 41.4 Å². The molecule has 1 saturated heterocycles. The minimum atomic E-state index is -0.537. The first-order chi connectivity index (χ1) is 8.69. The summed E-state index contributed by atoms with van der Waals surface area (Å²) in [5, 5.41) is 0. The Labute approximate surface area is 113 Å². The lowest BCUT2D eigenvalue weighted by molar-refractivity contribution is -0.156. The summed E-state index contributed by atoms with van der Waals surface area (Å²) >= 11 is 0. The molecule has 1 unspecified atom stereocenters. The number of esters is 1. The molecule has 1 fully saturated rings. The molecule has 1 aliphatic rings. The minimum Gasteiger partial charge on any atom is -0.460 e. The standard InChI is InChI=1S/C13H22N2O4/c1-13(2,3)19-11(17)5-4-10(16)15-7-6-9(8-15)12(14)18/h9H,4-8H2,1-3H3,(H2,14,18). The van der Waals surface area contributed by atoms with E-state index in [1.165, 1.54) is 0 Å². The molecule has 19 heavy (non-hydrogen) atoms. The van der Waals surface area contributed by atoms with E-state index < -0.39 is 5.60 Å². The number of likely N-dealkylation sites (tertiary alicyclic amines) is 1. The molecule has 0 radical (unpaired) electrons. The molecule has 1 aliphatic heterocycles. The molecule has 1 heterocycles. The van der Waals surface area contributed by atoms with E-state index in [4.69, 9.17) is 10.5 Å². The summed E-state index contributed by atoms with van der Waals surface area (Å²) < 4.78 is 5.13. The van der Waals surface area contributed by atoms with Crippen LogP contribution in [0, 0.1) is 5.92 Å². The van der Waals surface area contributed by atoms with Gasteiger partial charge in [0.15, 0.2) is 0 Å². The number of amides is 2. The molecule has 0 aromatic heterocycles. The van der Waals surface area contributed by atoms with Crippen LogP contribution in [0.5, 0.6) is 0 Å².